The van der Waals surface area contributed by atoms with Crippen molar-refractivity contribution < 1.29 is 46.8 Å². The van der Waals surface area contributed by atoms with E-state index in [9.17, 15) is 23.1 Å². The highest BCUT2D eigenvalue weighted by molar-refractivity contribution is 7.89. The number of rotatable bonds is 17. The molecule has 5 atom stereocenters. The molecule has 0 saturated carbocycles. The molecule has 52 heavy (non-hydrogen) atoms. The third kappa shape index (κ3) is 10.7. The fraction of sp³-hybridized carbons (Fsp3) is 0.622. The Labute approximate surface area is 306 Å². The quantitative estimate of drug-likeness (QED) is 0.174. The maximum Gasteiger partial charge on any atom is 0.407 e. The number of ether oxygens (including phenoxy) is 5. The number of aliphatic hydroxyl groups is 1. The van der Waals surface area contributed by atoms with Crippen LogP contribution in [-0.4, -0.2) is 107 Å². The van der Waals surface area contributed by atoms with Gasteiger partial charge < -0.3 is 44.7 Å². The number of carbonyl (C=O) groups excluding carboxylic acids is 2. The highest BCUT2D eigenvalue weighted by Crippen LogP contribution is 2.39. The minimum atomic E-state index is -4.26. The fourth-order valence-corrected chi connectivity index (χ4v) is 8.59. The molecule has 2 saturated heterocycles. The van der Waals surface area contributed by atoms with Crippen LogP contribution in [0.15, 0.2) is 53.4 Å². The minimum Gasteiger partial charge on any atom is -0.486 e. The number of fused-ring (bicyclic) bond motifs is 2. The molecule has 3 heterocycles. The summed E-state index contributed by atoms with van der Waals surface area (Å²) in [7, 11) is -4.26. The molecule has 0 spiro atoms. The molecule has 0 radical (unpaired) electrons. The van der Waals surface area contributed by atoms with Gasteiger partial charge in [-0.05, 0) is 62.6 Å². The van der Waals surface area contributed by atoms with Crippen molar-refractivity contribution >= 4 is 22.1 Å². The summed E-state index contributed by atoms with van der Waals surface area (Å²) in [5.74, 6) is 0.396. The molecule has 3 amide bonds. The molecule has 0 unspecified atom stereocenters. The first-order valence-corrected chi connectivity index (χ1v) is 19.6. The average molecular weight is 747 g/mol. The molecule has 15 heteroatoms. The van der Waals surface area contributed by atoms with Crippen molar-refractivity contribution in [1.29, 1.82) is 0 Å². The van der Waals surface area contributed by atoms with Gasteiger partial charge in [0.2, 0.25) is 10.0 Å². The normalized spacial score (nSPS) is 21.0. The molecule has 3 aliphatic rings. The first-order valence-electron chi connectivity index (χ1n) is 18.2. The zero-order valence-corrected chi connectivity index (χ0v) is 31.4. The number of carbonyl (C=O) groups is 2. The molecule has 5 rings (SSSR count). The van der Waals surface area contributed by atoms with Crippen LogP contribution in [0.3, 0.4) is 0 Å². The number of hydrogen-bond acceptors (Lipinski definition) is 10. The molecule has 2 fully saturated rings. The lowest BCUT2D eigenvalue weighted by molar-refractivity contribution is -0.0907. The summed E-state index contributed by atoms with van der Waals surface area (Å²) in [4.78, 5) is 25.3. The Morgan fingerprint density at radius 3 is 2.54 bits per heavy atom. The van der Waals surface area contributed by atoms with Crippen molar-refractivity contribution in [1.82, 2.24) is 20.3 Å². The molecule has 0 bridgehead atoms. The summed E-state index contributed by atoms with van der Waals surface area (Å²) < 4.78 is 58.9. The largest absolute Gasteiger partial charge is 0.486 e. The van der Waals surface area contributed by atoms with E-state index < -0.39 is 46.1 Å². The number of sulfonamides is 1. The van der Waals surface area contributed by atoms with E-state index in [4.69, 9.17) is 23.7 Å². The number of amides is 3. The van der Waals surface area contributed by atoms with Crippen molar-refractivity contribution in [2.45, 2.75) is 95.3 Å². The minimum absolute atomic E-state index is 0.0271. The van der Waals surface area contributed by atoms with E-state index in [1.165, 1.54) is 10.4 Å². The van der Waals surface area contributed by atoms with Gasteiger partial charge in [0, 0.05) is 25.7 Å². The number of nitrogens with one attached hydrogen (secondary N) is 3. The summed E-state index contributed by atoms with van der Waals surface area (Å²) in [5.41, 5.74) is 0.302. The van der Waals surface area contributed by atoms with Crippen molar-refractivity contribution in [2.75, 3.05) is 46.1 Å². The van der Waals surface area contributed by atoms with Crippen LogP contribution in [0.4, 0.5) is 9.59 Å². The molecule has 4 N–H and O–H groups in total. The predicted molar refractivity (Wildman–Crippen MR) is 193 cm³/mol. The van der Waals surface area contributed by atoms with Crippen LogP contribution in [0.25, 0.3) is 0 Å². The summed E-state index contributed by atoms with van der Waals surface area (Å²) in [6, 6.07) is 13.0. The van der Waals surface area contributed by atoms with Gasteiger partial charge in [0.05, 0.1) is 31.3 Å². The highest BCUT2D eigenvalue weighted by Gasteiger charge is 2.44. The zero-order valence-electron chi connectivity index (χ0n) is 30.5. The Balaban J connectivity index is 1.34. The number of alkyl carbamates (subject to hydrolysis) is 1. The van der Waals surface area contributed by atoms with E-state index in [0.29, 0.717) is 44.8 Å². The molecule has 2 aromatic carbocycles. The van der Waals surface area contributed by atoms with Gasteiger partial charge in [0.15, 0.2) is 17.8 Å². The van der Waals surface area contributed by atoms with Crippen LogP contribution in [0.1, 0.15) is 58.9 Å². The standard InChI is InChI=1S/C37H54N4O10S/c1-25(2)39-35(43)38-17-9-8-16-37(3,4)24-41(52(45,46)32-14-10-13-30-33(32)48-20-19-47-30)22-29(42)28(21-26-11-6-5-7-12-26)40-36(44)51-31-23-50-34-27(31)15-18-49-34/h5-7,10-14,25,27-29,31,34,42H,8-9,15-24H2,1-4H3,(H,40,44)(H2,38,39,43)/t27-,28-,29+,31-,34+/m0/s1. The topological polar surface area (TPSA) is 174 Å². The number of unbranched alkanes of at least 4 members (excludes halogenated alkanes) is 1. The Hall–Kier alpha value is -3.63. The molecule has 0 aliphatic carbocycles. The lowest BCUT2D eigenvalue weighted by Crippen LogP contribution is -2.52. The molecule has 2 aromatic rings. The molecule has 14 nitrogen and oxygen atoms in total. The van der Waals surface area contributed by atoms with Gasteiger partial charge in [-0.1, -0.05) is 56.7 Å². The summed E-state index contributed by atoms with van der Waals surface area (Å²) in [6.07, 6.45) is 0.0499. The highest BCUT2D eigenvalue weighted by atomic mass is 32.2. The van der Waals surface area contributed by atoms with Crippen molar-refractivity contribution in [3.05, 3.63) is 54.1 Å². The Morgan fingerprint density at radius 1 is 1.00 bits per heavy atom. The lowest BCUT2D eigenvalue weighted by atomic mass is 9.87. The third-order valence-electron chi connectivity index (χ3n) is 9.44. The molecule has 0 aromatic heterocycles. The second kappa shape index (κ2) is 17.9. The van der Waals surface area contributed by atoms with Gasteiger partial charge in [0.1, 0.15) is 24.2 Å². The number of para-hydroxylation sites is 1. The van der Waals surface area contributed by atoms with Crippen molar-refractivity contribution in [3.63, 3.8) is 0 Å². The van der Waals surface area contributed by atoms with Gasteiger partial charge in [-0.25, -0.2) is 18.0 Å². The second-order valence-electron chi connectivity index (χ2n) is 14.7. The maximum atomic E-state index is 14.6. The lowest BCUT2D eigenvalue weighted by Gasteiger charge is -2.35. The van der Waals surface area contributed by atoms with E-state index in [-0.39, 0.29) is 61.4 Å². The smallest absolute Gasteiger partial charge is 0.407 e. The first kappa shape index (κ1) is 39.6. The van der Waals surface area contributed by atoms with Crippen molar-refractivity contribution in [3.8, 4) is 11.5 Å². The van der Waals surface area contributed by atoms with Gasteiger partial charge >= 0.3 is 12.1 Å². The SMILES string of the molecule is CC(C)NC(=O)NCCCCC(C)(C)CN(C[C@@H](O)[C@H](Cc1ccccc1)NC(=O)O[C@H]1CO[C@H]2OCC[C@H]21)S(=O)(=O)c1cccc2c1OCCO2. The third-order valence-corrected chi connectivity index (χ3v) is 11.3. The number of nitrogens with zero attached hydrogens (tertiary/aromatic N) is 1. The summed E-state index contributed by atoms with van der Waals surface area (Å²) in [5, 5.41) is 20.4. The molecule has 3 aliphatic heterocycles. The van der Waals surface area contributed by atoms with Crippen LogP contribution in [0.2, 0.25) is 0 Å². The number of benzene rings is 2. The summed E-state index contributed by atoms with van der Waals surface area (Å²) >= 11 is 0. The number of hydrogen-bond donors (Lipinski definition) is 4. The Kier molecular flexibility index (Phi) is 13.6. The van der Waals surface area contributed by atoms with Crippen LogP contribution in [0, 0.1) is 11.3 Å². The van der Waals surface area contributed by atoms with E-state index in [1.54, 1.807) is 12.1 Å². The van der Waals surface area contributed by atoms with E-state index in [2.05, 4.69) is 16.0 Å². The van der Waals surface area contributed by atoms with Crippen LogP contribution < -0.4 is 25.4 Å². The Morgan fingerprint density at radius 2 is 1.77 bits per heavy atom. The average Bonchev–Trinajstić information content (AvgIpc) is 3.72. The first-order chi connectivity index (χ1) is 24.8. The zero-order chi connectivity index (χ0) is 37.3. The van der Waals surface area contributed by atoms with Crippen molar-refractivity contribution in [2.24, 2.45) is 11.3 Å². The molecule has 288 valence electrons. The van der Waals surface area contributed by atoms with Crippen LogP contribution in [-0.2, 0) is 30.7 Å². The summed E-state index contributed by atoms with van der Waals surface area (Å²) in [6.45, 7) is 9.17. The van der Waals surface area contributed by atoms with Gasteiger partial charge in [0.25, 0.3) is 0 Å². The Bertz CT molecular complexity index is 1590. The predicted octanol–water partition coefficient (Wildman–Crippen LogP) is 3.81. The monoisotopic (exact) mass is 746 g/mol. The fourth-order valence-electron chi connectivity index (χ4n) is 6.79. The van der Waals surface area contributed by atoms with Gasteiger partial charge in [-0.15, -0.1) is 0 Å². The second-order valence-corrected chi connectivity index (χ2v) is 16.6. The maximum absolute atomic E-state index is 14.6. The van der Waals surface area contributed by atoms with Gasteiger partial charge in [-0.3, -0.25) is 0 Å². The number of aliphatic hydroxyl groups excluding tert-OH is 1. The number of urea groups is 1. The molecular weight excluding hydrogens is 692 g/mol. The molecular formula is C37H54N4O10S. The van der Waals surface area contributed by atoms with Gasteiger partial charge in [-0.2, -0.15) is 4.31 Å². The van der Waals surface area contributed by atoms with Crippen LogP contribution >= 0.6 is 0 Å². The van der Waals surface area contributed by atoms with E-state index >= 15 is 0 Å². The van der Waals surface area contributed by atoms with E-state index in [0.717, 1.165) is 12.0 Å². The van der Waals surface area contributed by atoms with E-state index in [1.807, 2.05) is 58.0 Å². The van der Waals surface area contributed by atoms with Crippen LogP contribution in [0.5, 0.6) is 11.5 Å².